The van der Waals surface area contributed by atoms with Gasteiger partial charge in [0.25, 0.3) is 0 Å². The van der Waals surface area contributed by atoms with Gasteiger partial charge in [0.1, 0.15) is 0 Å². The van der Waals surface area contributed by atoms with E-state index in [0.717, 1.165) is 0 Å². The largest absolute Gasteiger partial charge is 0.329 e. The number of nitrogens with two attached hydrogens (primary N) is 1. The van der Waals surface area contributed by atoms with E-state index in [-0.39, 0.29) is 4.75 Å². The molecule has 84 valence electrons. The van der Waals surface area contributed by atoms with E-state index in [9.17, 15) is 0 Å². The Morgan fingerprint density at radius 1 is 1.06 bits per heavy atom. The van der Waals surface area contributed by atoms with Crippen molar-refractivity contribution >= 4 is 22.5 Å². The van der Waals surface area contributed by atoms with Crippen molar-refractivity contribution in [1.82, 2.24) is 0 Å². The molecule has 0 unspecified atom stereocenters. The maximum absolute atomic E-state index is 5.75. The highest BCUT2D eigenvalue weighted by molar-refractivity contribution is 8.00. The van der Waals surface area contributed by atoms with Crippen LogP contribution in [-0.2, 0) is 0 Å². The maximum Gasteiger partial charge on any atom is 0.0273 e. The smallest absolute Gasteiger partial charge is 0.0273 e. The monoisotopic (exact) mass is 231 g/mol. The van der Waals surface area contributed by atoms with E-state index in [0.29, 0.717) is 6.54 Å². The molecule has 0 atom stereocenters. The number of rotatable bonds is 3. The van der Waals surface area contributed by atoms with Gasteiger partial charge < -0.3 is 5.73 Å². The molecule has 0 aliphatic rings. The lowest BCUT2D eigenvalue weighted by atomic mass is 10.1. The van der Waals surface area contributed by atoms with Crippen LogP contribution in [-0.4, -0.2) is 11.3 Å². The SMILES string of the molecule is CC(C)(CN)Sc1ccc2ccccc2c1. The lowest BCUT2D eigenvalue weighted by Gasteiger charge is -2.21. The number of thioether (sulfide) groups is 1. The molecule has 0 radical (unpaired) electrons. The zero-order chi connectivity index (χ0) is 11.6. The van der Waals surface area contributed by atoms with Crippen molar-refractivity contribution in [2.24, 2.45) is 5.73 Å². The summed E-state index contributed by atoms with van der Waals surface area (Å²) in [4.78, 5) is 1.29. The predicted molar refractivity (Wildman–Crippen MR) is 72.9 cm³/mol. The summed E-state index contributed by atoms with van der Waals surface area (Å²) in [6, 6.07) is 15.0. The number of hydrogen-bond acceptors (Lipinski definition) is 2. The molecule has 0 amide bonds. The summed E-state index contributed by atoms with van der Waals surface area (Å²) in [6.07, 6.45) is 0. The number of fused-ring (bicyclic) bond motifs is 1. The van der Waals surface area contributed by atoms with Gasteiger partial charge in [-0.05, 0) is 36.8 Å². The molecular weight excluding hydrogens is 214 g/mol. The van der Waals surface area contributed by atoms with E-state index < -0.39 is 0 Å². The summed E-state index contributed by atoms with van der Waals surface area (Å²) in [6.45, 7) is 5.03. The second kappa shape index (κ2) is 4.48. The van der Waals surface area contributed by atoms with Crippen molar-refractivity contribution in [3.63, 3.8) is 0 Å². The van der Waals surface area contributed by atoms with Gasteiger partial charge in [0.2, 0.25) is 0 Å². The third-order valence-electron chi connectivity index (χ3n) is 2.61. The van der Waals surface area contributed by atoms with E-state index >= 15 is 0 Å². The molecule has 2 rings (SSSR count). The summed E-state index contributed by atoms with van der Waals surface area (Å²) in [5.74, 6) is 0. The normalized spacial score (nSPS) is 11.9. The molecule has 2 heteroatoms. The van der Waals surface area contributed by atoms with E-state index in [1.807, 2.05) is 11.8 Å². The molecular formula is C14H17NS. The van der Waals surface area contributed by atoms with Crippen molar-refractivity contribution in [2.45, 2.75) is 23.5 Å². The molecule has 2 aromatic carbocycles. The van der Waals surface area contributed by atoms with E-state index in [2.05, 4.69) is 56.3 Å². The standard InChI is InChI=1S/C14H17NS/c1-14(2,10-15)16-13-8-7-11-5-3-4-6-12(11)9-13/h3-9H,10,15H2,1-2H3. The predicted octanol–water partition coefficient (Wildman–Crippen LogP) is 3.67. The minimum absolute atomic E-state index is 0.0997. The first-order valence-corrected chi connectivity index (χ1v) is 6.30. The van der Waals surface area contributed by atoms with Gasteiger partial charge in [-0.1, -0.05) is 30.3 Å². The fourth-order valence-electron chi connectivity index (χ4n) is 1.59. The van der Waals surface area contributed by atoms with E-state index in [1.54, 1.807) is 0 Å². The molecule has 0 aromatic heterocycles. The van der Waals surface area contributed by atoms with Gasteiger partial charge >= 0.3 is 0 Å². The summed E-state index contributed by atoms with van der Waals surface area (Å²) in [7, 11) is 0. The van der Waals surface area contributed by atoms with Gasteiger partial charge in [-0.3, -0.25) is 0 Å². The van der Waals surface area contributed by atoms with Gasteiger partial charge in [-0.2, -0.15) is 0 Å². The maximum atomic E-state index is 5.75. The molecule has 0 saturated carbocycles. The lowest BCUT2D eigenvalue weighted by molar-refractivity contribution is 0.723. The zero-order valence-electron chi connectivity index (χ0n) is 9.73. The average molecular weight is 231 g/mol. The highest BCUT2D eigenvalue weighted by Gasteiger charge is 2.16. The van der Waals surface area contributed by atoms with Crippen molar-refractivity contribution in [1.29, 1.82) is 0 Å². The summed E-state index contributed by atoms with van der Waals surface area (Å²) >= 11 is 1.84. The van der Waals surface area contributed by atoms with Gasteiger partial charge in [0.15, 0.2) is 0 Å². The Kier molecular flexibility index (Phi) is 3.22. The van der Waals surface area contributed by atoms with E-state index in [4.69, 9.17) is 5.73 Å². The Labute approximate surface area is 101 Å². The Morgan fingerprint density at radius 2 is 1.75 bits per heavy atom. The van der Waals surface area contributed by atoms with Crippen LogP contribution in [0.1, 0.15) is 13.8 Å². The van der Waals surface area contributed by atoms with Crippen LogP contribution < -0.4 is 5.73 Å². The zero-order valence-corrected chi connectivity index (χ0v) is 10.6. The number of benzene rings is 2. The second-order valence-electron chi connectivity index (χ2n) is 4.57. The summed E-state index contributed by atoms with van der Waals surface area (Å²) < 4.78 is 0.0997. The third-order valence-corrected chi connectivity index (χ3v) is 3.82. The van der Waals surface area contributed by atoms with Crippen molar-refractivity contribution in [2.75, 3.05) is 6.54 Å². The first-order valence-electron chi connectivity index (χ1n) is 5.49. The fourth-order valence-corrected chi connectivity index (χ4v) is 2.63. The second-order valence-corrected chi connectivity index (χ2v) is 6.36. The Morgan fingerprint density at radius 3 is 2.44 bits per heavy atom. The highest BCUT2D eigenvalue weighted by atomic mass is 32.2. The molecule has 0 aliphatic carbocycles. The minimum Gasteiger partial charge on any atom is -0.329 e. The third kappa shape index (κ3) is 2.57. The topological polar surface area (TPSA) is 26.0 Å². The first kappa shape index (κ1) is 11.5. The summed E-state index contributed by atoms with van der Waals surface area (Å²) in [5.41, 5.74) is 5.75. The summed E-state index contributed by atoms with van der Waals surface area (Å²) in [5, 5.41) is 2.58. The quantitative estimate of drug-likeness (QED) is 0.816. The number of hydrogen-bond donors (Lipinski definition) is 1. The van der Waals surface area contributed by atoms with Crippen LogP contribution >= 0.6 is 11.8 Å². The molecule has 2 N–H and O–H groups in total. The van der Waals surface area contributed by atoms with Crippen LogP contribution in [0.3, 0.4) is 0 Å². The molecule has 1 nitrogen and oxygen atoms in total. The van der Waals surface area contributed by atoms with Gasteiger partial charge in [0, 0.05) is 16.2 Å². The molecule has 2 aromatic rings. The van der Waals surface area contributed by atoms with Gasteiger partial charge in [-0.15, -0.1) is 11.8 Å². The first-order chi connectivity index (χ1) is 7.61. The Balaban J connectivity index is 2.33. The fraction of sp³-hybridized carbons (Fsp3) is 0.286. The molecule has 0 fully saturated rings. The molecule has 0 bridgehead atoms. The van der Waals surface area contributed by atoms with Crippen molar-refractivity contribution in [3.8, 4) is 0 Å². The van der Waals surface area contributed by atoms with E-state index in [1.165, 1.54) is 15.7 Å². The molecule has 16 heavy (non-hydrogen) atoms. The molecule has 0 aliphatic heterocycles. The van der Waals surface area contributed by atoms with Crippen molar-refractivity contribution < 1.29 is 0 Å². The highest BCUT2D eigenvalue weighted by Crippen LogP contribution is 2.33. The van der Waals surface area contributed by atoms with Crippen LogP contribution in [0, 0.1) is 0 Å². The van der Waals surface area contributed by atoms with Crippen LogP contribution in [0.2, 0.25) is 0 Å². The molecule has 0 saturated heterocycles. The average Bonchev–Trinajstić information content (AvgIpc) is 2.28. The minimum atomic E-state index is 0.0997. The van der Waals surface area contributed by atoms with Crippen LogP contribution in [0.15, 0.2) is 47.4 Å². The Hall–Kier alpha value is -0.990. The molecule has 0 heterocycles. The molecule has 0 spiro atoms. The van der Waals surface area contributed by atoms with Crippen LogP contribution in [0.25, 0.3) is 10.8 Å². The lowest BCUT2D eigenvalue weighted by Crippen LogP contribution is -2.26. The van der Waals surface area contributed by atoms with Gasteiger partial charge in [0.05, 0.1) is 0 Å². The van der Waals surface area contributed by atoms with Crippen LogP contribution in [0.5, 0.6) is 0 Å². The van der Waals surface area contributed by atoms with Crippen LogP contribution in [0.4, 0.5) is 0 Å². The van der Waals surface area contributed by atoms with Gasteiger partial charge in [-0.25, -0.2) is 0 Å². The Bertz CT molecular complexity index is 491. The van der Waals surface area contributed by atoms with Crippen molar-refractivity contribution in [3.05, 3.63) is 42.5 Å².